The van der Waals surface area contributed by atoms with Gasteiger partial charge in [-0.3, -0.25) is 10.1 Å². The molecule has 1 atom stereocenters. The fourth-order valence-electron chi connectivity index (χ4n) is 2.08. The number of nitrogens with zero attached hydrogens (tertiary/aromatic N) is 3. The number of carbonyl (C=O) groups excluding carboxylic acids is 1. The third-order valence-electron chi connectivity index (χ3n) is 3.15. The Labute approximate surface area is 151 Å². The van der Waals surface area contributed by atoms with Crippen LogP contribution in [0.5, 0.6) is 0 Å². The second-order valence-corrected chi connectivity index (χ2v) is 6.17. The van der Waals surface area contributed by atoms with E-state index in [0.717, 1.165) is 10.5 Å². The molecule has 2 rings (SSSR count). The highest BCUT2D eigenvalue weighted by molar-refractivity contribution is 7.94. The van der Waals surface area contributed by atoms with Crippen LogP contribution < -0.4 is 10.6 Å². The Morgan fingerprint density at radius 2 is 1.84 bits per heavy atom. The maximum absolute atomic E-state index is 11.2. The number of amides is 1. The summed E-state index contributed by atoms with van der Waals surface area (Å²) < 4.78 is 10.1. The minimum atomic E-state index is -0.250. The second kappa shape index (κ2) is 9.30. The molecule has 2 N–H and O–H groups in total. The molecular weight excluding hydrogens is 342 g/mol. The number of benzene rings is 1. The van der Waals surface area contributed by atoms with Gasteiger partial charge in [-0.2, -0.15) is 15.0 Å². The van der Waals surface area contributed by atoms with Crippen molar-refractivity contribution in [3.8, 4) is 0 Å². The molecule has 0 fully saturated rings. The van der Waals surface area contributed by atoms with Crippen molar-refractivity contribution in [2.45, 2.75) is 31.4 Å². The lowest BCUT2D eigenvalue weighted by atomic mass is 10.1. The van der Waals surface area contributed by atoms with Gasteiger partial charge in [-0.05, 0) is 24.6 Å². The number of aromatic nitrogens is 3. The first-order valence-corrected chi connectivity index (χ1v) is 8.34. The average molecular weight is 363 g/mol. The highest BCUT2D eigenvalue weighted by Gasteiger charge is 2.11. The summed E-state index contributed by atoms with van der Waals surface area (Å²) in [6, 6.07) is 7.93. The van der Waals surface area contributed by atoms with Gasteiger partial charge in [-0.25, -0.2) is 0 Å². The van der Waals surface area contributed by atoms with Crippen LogP contribution in [0.1, 0.15) is 31.3 Å². The summed E-state index contributed by atoms with van der Waals surface area (Å²) in [5, 5.41) is 5.78. The van der Waals surface area contributed by atoms with Gasteiger partial charge in [0.25, 0.3) is 0 Å². The van der Waals surface area contributed by atoms with E-state index in [4.69, 9.17) is 8.92 Å². The van der Waals surface area contributed by atoms with Gasteiger partial charge in [-0.15, -0.1) is 0 Å². The first-order chi connectivity index (χ1) is 12.0. The summed E-state index contributed by atoms with van der Waals surface area (Å²) in [7, 11) is 3.19. The number of hydrogen-bond acceptors (Lipinski definition) is 8. The van der Waals surface area contributed by atoms with Crippen molar-refractivity contribution >= 4 is 29.8 Å². The number of hydrogen-bond donors (Lipinski definition) is 2. The average Bonchev–Trinajstić information content (AvgIpc) is 2.55. The van der Waals surface area contributed by atoms with Crippen LogP contribution in [0, 0.1) is 0 Å². The maximum Gasteiger partial charge on any atom is 0.234 e. The topological polar surface area (TPSA) is 98.3 Å². The van der Waals surface area contributed by atoms with Gasteiger partial charge >= 0.3 is 0 Å². The third-order valence-corrected chi connectivity index (χ3v) is 3.78. The smallest absolute Gasteiger partial charge is 0.234 e. The second-order valence-electron chi connectivity index (χ2n) is 5.20. The van der Waals surface area contributed by atoms with Crippen LogP contribution in [0.2, 0.25) is 0 Å². The monoisotopic (exact) mass is 363 g/mol. The van der Waals surface area contributed by atoms with Crippen molar-refractivity contribution in [1.29, 1.82) is 0 Å². The molecule has 0 spiro atoms. The molecule has 1 amide bonds. The molecule has 8 nitrogen and oxygen atoms in total. The number of methoxy groups -OCH3 is 1. The van der Waals surface area contributed by atoms with E-state index in [1.165, 1.54) is 19.0 Å². The predicted octanol–water partition coefficient (Wildman–Crippen LogP) is 2.80. The Morgan fingerprint density at radius 3 is 2.44 bits per heavy atom. The molecule has 2 aromatic rings. The number of ether oxygens (including phenoxy) is 1. The van der Waals surface area contributed by atoms with Gasteiger partial charge in [0.15, 0.2) is 5.82 Å². The lowest BCUT2D eigenvalue weighted by Crippen LogP contribution is -2.16. The van der Waals surface area contributed by atoms with Gasteiger partial charge in [0.2, 0.25) is 17.8 Å². The summed E-state index contributed by atoms with van der Waals surface area (Å²) >= 11 is 1.31. The van der Waals surface area contributed by atoms with E-state index < -0.39 is 0 Å². The van der Waals surface area contributed by atoms with E-state index in [0.29, 0.717) is 11.8 Å². The van der Waals surface area contributed by atoms with Crippen molar-refractivity contribution in [2.24, 2.45) is 0 Å². The molecule has 9 heteroatoms. The zero-order valence-corrected chi connectivity index (χ0v) is 15.4. The molecule has 0 aliphatic carbocycles. The summed E-state index contributed by atoms with van der Waals surface area (Å²) in [6.45, 7) is 3.62. The van der Waals surface area contributed by atoms with Crippen LogP contribution in [0.3, 0.4) is 0 Å². The Bertz CT molecular complexity index is 711. The maximum atomic E-state index is 11.2. The van der Waals surface area contributed by atoms with E-state index in [1.807, 2.05) is 31.2 Å². The fourth-order valence-corrected chi connectivity index (χ4v) is 2.52. The molecule has 1 aromatic heterocycles. The van der Waals surface area contributed by atoms with Crippen LogP contribution in [-0.4, -0.2) is 35.1 Å². The Kier molecular flexibility index (Phi) is 7.11. The van der Waals surface area contributed by atoms with Crippen LogP contribution in [0.15, 0.2) is 29.2 Å². The summed E-state index contributed by atoms with van der Waals surface area (Å²) in [5.74, 6) is 0.743. The van der Waals surface area contributed by atoms with Gasteiger partial charge in [-0.1, -0.05) is 12.1 Å². The van der Waals surface area contributed by atoms with Crippen LogP contribution in [0.25, 0.3) is 0 Å². The zero-order chi connectivity index (χ0) is 18.2. The van der Waals surface area contributed by atoms with Gasteiger partial charge in [0, 0.05) is 31.0 Å². The molecule has 0 radical (unpaired) electrons. The Hall–Kier alpha value is -2.23. The van der Waals surface area contributed by atoms with Crippen molar-refractivity contribution in [3.63, 3.8) is 0 Å². The minimum Gasteiger partial charge on any atom is -0.377 e. The molecular formula is C16H21N5O3S. The molecule has 1 heterocycles. The summed E-state index contributed by atoms with van der Waals surface area (Å²) in [5.41, 5.74) is 1.07. The largest absolute Gasteiger partial charge is 0.377 e. The van der Waals surface area contributed by atoms with Crippen LogP contribution in [-0.2, 0) is 20.3 Å². The lowest BCUT2D eigenvalue weighted by Gasteiger charge is -2.15. The molecule has 0 saturated carbocycles. The molecule has 0 aliphatic rings. The quantitative estimate of drug-likeness (QED) is 0.691. The van der Waals surface area contributed by atoms with E-state index in [9.17, 15) is 4.79 Å². The minimum absolute atomic E-state index is 0.0374. The van der Waals surface area contributed by atoms with Gasteiger partial charge in [0.05, 0.1) is 13.2 Å². The zero-order valence-electron chi connectivity index (χ0n) is 14.6. The van der Waals surface area contributed by atoms with Crippen LogP contribution >= 0.6 is 12.0 Å². The van der Waals surface area contributed by atoms with E-state index in [1.54, 1.807) is 14.2 Å². The number of nitrogens with one attached hydrogen (secondary N) is 2. The number of carbonyl (C=O) groups is 1. The van der Waals surface area contributed by atoms with Crippen molar-refractivity contribution in [1.82, 2.24) is 15.0 Å². The van der Waals surface area contributed by atoms with Crippen molar-refractivity contribution in [3.05, 3.63) is 35.7 Å². The first-order valence-electron chi connectivity index (χ1n) is 7.60. The molecule has 0 saturated heterocycles. The molecule has 0 aliphatic heterocycles. The molecule has 1 unspecified atom stereocenters. The summed E-state index contributed by atoms with van der Waals surface area (Å²) in [4.78, 5) is 24.9. The van der Waals surface area contributed by atoms with E-state index in [-0.39, 0.29) is 24.5 Å². The Morgan fingerprint density at radius 1 is 1.16 bits per heavy atom. The third kappa shape index (κ3) is 5.96. The summed E-state index contributed by atoms with van der Waals surface area (Å²) in [6.07, 6.45) is 0. The van der Waals surface area contributed by atoms with Gasteiger partial charge < -0.3 is 14.2 Å². The normalized spacial score (nSPS) is 11.8. The van der Waals surface area contributed by atoms with Crippen molar-refractivity contribution in [2.75, 3.05) is 24.9 Å². The van der Waals surface area contributed by atoms with Crippen molar-refractivity contribution < 1.29 is 13.7 Å². The highest BCUT2D eigenvalue weighted by Crippen LogP contribution is 2.23. The van der Waals surface area contributed by atoms with E-state index >= 15 is 0 Å². The SMILES string of the molecule is COCc1nc(NC(C)=O)nc(NC(C)c2ccc(SOC)cc2)n1. The first kappa shape index (κ1) is 19.1. The Balaban J connectivity index is 2.16. The van der Waals surface area contributed by atoms with E-state index in [2.05, 4.69) is 25.6 Å². The van der Waals surface area contributed by atoms with Crippen LogP contribution in [0.4, 0.5) is 11.9 Å². The fraction of sp³-hybridized carbons (Fsp3) is 0.375. The number of rotatable bonds is 8. The molecule has 0 bridgehead atoms. The number of anilines is 2. The highest BCUT2D eigenvalue weighted by atomic mass is 32.2. The predicted molar refractivity (Wildman–Crippen MR) is 96.2 cm³/mol. The lowest BCUT2D eigenvalue weighted by molar-refractivity contribution is -0.114. The molecule has 25 heavy (non-hydrogen) atoms. The van der Waals surface area contributed by atoms with Gasteiger partial charge in [0.1, 0.15) is 6.61 Å². The standard InChI is InChI=1S/C16H21N5O3S/c1-10(12-5-7-13(8-6-12)25-24-4)17-15-19-14(9-23-3)20-16(21-15)18-11(2)22/h5-8,10H,9H2,1-4H3,(H2,17,18,19,20,21,22). The molecule has 1 aromatic carbocycles. The molecule has 134 valence electrons.